The molecule has 6 heteroatoms. The fourth-order valence-electron chi connectivity index (χ4n) is 3.13. The van der Waals surface area contributed by atoms with Crippen LogP contribution in [0.5, 0.6) is 0 Å². The summed E-state index contributed by atoms with van der Waals surface area (Å²) < 4.78 is 4.85. The maximum Gasteiger partial charge on any atom is 0.193 e. The number of hydrogen-bond acceptors (Lipinski definition) is 3. The first kappa shape index (κ1) is 18.8. The smallest absolute Gasteiger partial charge is 0.193 e. The SMILES string of the molecule is CN=C(NCc1ccon1)N1CCC(Cc2ccccc2)CC1.I. The maximum atomic E-state index is 4.85. The number of piperidine rings is 1. The molecule has 2 heterocycles. The zero-order chi connectivity index (χ0) is 15.9. The summed E-state index contributed by atoms with van der Waals surface area (Å²) >= 11 is 0. The number of rotatable bonds is 4. The molecular weight excluding hydrogens is 415 g/mol. The third kappa shape index (κ3) is 5.22. The van der Waals surface area contributed by atoms with Crippen molar-refractivity contribution in [1.82, 2.24) is 15.4 Å². The molecule has 0 bridgehead atoms. The van der Waals surface area contributed by atoms with E-state index in [-0.39, 0.29) is 24.0 Å². The summed E-state index contributed by atoms with van der Waals surface area (Å²) in [5.74, 6) is 1.72. The molecule has 1 aliphatic heterocycles. The van der Waals surface area contributed by atoms with Crippen LogP contribution in [0.15, 0.2) is 52.2 Å². The van der Waals surface area contributed by atoms with Crippen molar-refractivity contribution < 1.29 is 4.52 Å². The molecule has 1 N–H and O–H groups in total. The number of likely N-dealkylation sites (tertiary alicyclic amines) is 1. The minimum absolute atomic E-state index is 0. The van der Waals surface area contributed by atoms with E-state index in [0.29, 0.717) is 6.54 Å². The van der Waals surface area contributed by atoms with Gasteiger partial charge in [0.05, 0.1) is 6.54 Å². The Bertz CT molecular complexity index is 607. The third-order valence-corrected chi connectivity index (χ3v) is 4.41. The topological polar surface area (TPSA) is 53.7 Å². The van der Waals surface area contributed by atoms with Gasteiger partial charge in [-0.25, -0.2) is 0 Å². The van der Waals surface area contributed by atoms with Crippen LogP contribution in [0.25, 0.3) is 0 Å². The van der Waals surface area contributed by atoms with E-state index in [4.69, 9.17) is 4.52 Å². The van der Waals surface area contributed by atoms with Crippen molar-refractivity contribution in [3.63, 3.8) is 0 Å². The van der Waals surface area contributed by atoms with Gasteiger partial charge in [0.1, 0.15) is 12.0 Å². The molecule has 0 radical (unpaired) electrons. The van der Waals surface area contributed by atoms with Crippen LogP contribution in [0.3, 0.4) is 0 Å². The van der Waals surface area contributed by atoms with Crippen molar-refractivity contribution in [3.8, 4) is 0 Å². The second-order valence-corrected chi connectivity index (χ2v) is 6.01. The number of benzene rings is 1. The van der Waals surface area contributed by atoms with E-state index in [1.54, 1.807) is 6.26 Å². The molecule has 1 aromatic heterocycles. The van der Waals surface area contributed by atoms with Gasteiger partial charge in [0.25, 0.3) is 0 Å². The number of nitrogens with one attached hydrogen (secondary N) is 1. The van der Waals surface area contributed by atoms with E-state index >= 15 is 0 Å². The summed E-state index contributed by atoms with van der Waals surface area (Å²) in [5.41, 5.74) is 2.34. The minimum atomic E-state index is 0. The molecule has 1 aliphatic rings. The van der Waals surface area contributed by atoms with E-state index in [0.717, 1.165) is 30.7 Å². The van der Waals surface area contributed by atoms with E-state index < -0.39 is 0 Å². The summed E-state index contributed by atoms with van der Waals surface area (Å²) in [5, 5.41) is 7.28. The molecule has 0 aliphatic carbocycles. The average molecular weight is 440 g/mol. The Morgan fingerprint density at radius 3 is 2.62 bits per heavy atom. The summed E-state index contributed by atoms with van der Waals surface area (Å²) in [6.45, 7) is 2.75. The van der Waals surface area contributed by atoms with Crippen LogP contribution < -0.4 is 5.32 Å². The summed E-state index contributed by atoms with van der Waals surface area (Å²) in [6.07, 6.45) is 5.19. The molecule has 1 fully saturated rings. The highest BCUT2D eigenvalue weighted by molar-refractivity contribution is 14.0. The highest BCUT2D eigenvalue weighted by Crippen LogP contribution is 2.21. The van der Waals surface area contributed by atoms with Gasteiger partial charge in [-0.05, 0) is 30.7 Å². The molecule has 1 saturated heterocycles. The molecule has 0 amide bonds. The molecule has 5 nitrogen and oxygen atoms in total. The van der Waals surface area contributed by atoms with Crippen molar-refractivity contribution in [3.05, 3.63) is 53.9 Å². The molecule has 24 heavy (non-hydrogen) atoms. The molecule has 3 rings (SSSR count). The first-order chi connectivity index (χ1) is 11.3. The standard InChI is InChI=1S/C18H24N4O.HI/c1-19-18(20-14-17-9-12-23-21-17)22-10-7-16(8-11-22)13-15-5-3-2-4-6-15;/h2-6,9,12,16H,7-8,10-11,13-14H2,1H3,(H,19,20);1H. The highest BCUT2D eigenvalue weighted by Gasteiger charge is 2.21. The highest BCUT2D eigenvalue weighted by atomic mass is 127. The summed E-state index contributed by atoms with van der Waals surface area (Å²) in [7, 11) is 1.83. The van der Waals surface area contributed by atoms with Crippen LogP contribution in [0.4, 0.5) is 0 Å². The fourth-order valence-corrected chi connectivity index (χ4v) is 3.13. The number of nitrogens with zero attached hydrogens (tertiary/aromatic N) is 3. The first-order valence-electron chi connectivity index (χ1n) is 8.24. The Kier molecular flexibility index (Phi) is 7.55. The quantitative estimate of drug-likeness (QED) is 0.450. The Labute approximate surface area is 160 Å². The van der Waals surface area contributed by atoms with Gasteiger partial charge < -0.3 is 14.7 Å². The molecule has 0 saturated carbocycles. The van der Waals surface area contributed by atoms with Crippen molar-refractivity contribution in [2.75, 3.05) is 20.1 Å². The lowest BCUT2D eigenvalue weighted by atomic mass is 9.90. The predicted molar refractivity (Wildman–Crippen MR) is 107 cm³/mol. The normalized spacial score (nSPS) is 15.9. The number of halogens is 1. The van der Waals surface area contributed by atoms with Gasteiger partial charge in [0, 0.05) is 26.2 Å². The zero-order valence-electron chi connectivity index (χ0n) is 14.0. The van der Waals surface area contributed by atoms with Crippen molar-refractivity contribution in [2.45, 2.75) is 25.8 Å². The van der Waals surface area contributed by atoms with Gasteiger partial charge in [-0.3, -0.25) is 4.99 Å². The van der Waals surface area contributed by atoms with E-state index in [9.17, 15) is 0 Å². The van der Waals surface area contributed by atoms with Crippen LogP contribution in [0.1, 0.15) is 24.1 Å². The first-order valence-corrected chi connectivity index (χ1v) is 8.24. The minimum Gasteiger partial charge on any atom is -0.364 e. The Hall–Kier alpha value is -1.57. The molecule has 1 aromatic carbocycles. The second kappa shape index (κ2) is 9.66. The lowest BCUT2D eigenvalue weighted by Crippen LogP contribution is -2.45. The Morgan fingerprint density at radius 2 is 2.00 bits per heavy atom. The van der Waals surface area contributed by atoms with Crippen molar-refractivity contribution in [2.24, 2.45) is 10.9 Å². The average Bonchev–Trinajstić information content (AvgIpc) is 3.11. The number of hydrogen-bond donors (Lipinski definition) is 1. The summed E-state index contributed by atoms with van der Waals surface area (Å²) in [4.78, 5) is 6.73. The number of guanidine groups is 1. The number of aliphatic imine (C=N–C) groups is 1. The van der Waals surface area contributed by atoms with Gasteiger partial charge in [-0.15, -0.1) is 24.0 Å². The molecular formula is C18H25IN4O. The third-order valence-electron chi connectivity index (χ3n) is 4.41. The lowest BCUT2D eigenvalue weighted by molar-refractivity contribution is 0.258. The van der Waals surface area contributed by atoms with Crippen molar-refractivity contribution >= 4 is 29.9 Å². The monoisotopic (exact) mass is 440 g/mol. The molecule has 0 atom stereocenters. The zero-order valence-corrected chi connectivity index (χ0v) is 16.3. The van der Waals surface area contributed by atoms with Gasteiger partial charge in [-0.2, -0.15) is 0 Å². The van der Waals surface area contributed by atoms with E-state index in [2.05, 4.69) is 50.7 Å². The Morgan fingerprint density at radius 1 is 1.25 bits per heavy atom. The van der Waals surface area contributed by atoms with Gasteiger partial charge in [0.2, 0.25) is 0 Å². The molecule has 0 spiro atoms. The second-order valence-electron chi connectivity index (χ2n) is 6.01. The number of aromatic nitrogens is 1. The molecule has 0 unspecified atom stereocenters. The fraction of sp³-hybridized carbons (Fsp3) is 0.444. The van der Waals surface area contributed by atoms with Crippen LogP contribution in [0.2, 0.25) is 0 Å². The van der Waals surface area contributed by atoms with Crippen molar-refractivity contribution in [1.29, 1.82) is 0 Å². The lowest BCUT2D eigenvalue weighted by Gasteiger charge is -2.34. The van der Waals surface area contributed by atoms with E-state index in [1.807, 2.05) is 13.1 Å². The van der Waals surface area contributed by atoms with E-state index in [1.165, 1.54) is 24.8 Å². The predicted octanol–water partition coefficient (Wildman–Crippen LogP) is 3.32. The molecule has 2 aromatic rings. The van der Waals surface area contributed by atoms with Crippen LogP contribution in [0, 0.1) is 5.92 Å². The van der Waals surface area contributed by atoms with Crippen LogP contribution in [-0.2, 0) is 13.0 Å². The van der Waals surface area contributed by atoms with Crippen LogP contribution >= 0.6 is 24.0 Å². The summed E-state index contributed by atoms with van der Waals surface area (Å²) in [6, 6.07) is 12.7. The van der Waals surface area contributed by atoms with Gasteiger partial charge in [-0.1, -0.05) is 35.5 Å². The maximum absolute atomic E-state index is 4.85. The van der Waals surface area contributed by atoms with Crippen LogP contribution in [-0.4, -0.2) is 36.2 Å². The Balaban J connectivity index is 0.00000208. The van der Waals surface area contributed by atoms with Gasteiger partial charge in [0.15, 0.2) is 5.96 Å². The van der Waals surface area contributed by atoms with Gasteiger partial charge >= 0.3 is 0 Å². The molecule has 130 valence electrons. The largest absolute Gasteiger partial charge is 0.364 e.